The van der Waals surface area contributed by atoms with E-state index in [1.165, 1.54) is 12.1 Å². The van der Waals surface area contributed by atoms with Gasteiger partial charge in [-0.15, -0.1) is 0 Å². The number of aromatic nitrogens is 2. The fourth-order valence-electron chi connectivity index (χ4n) is 3.27. The molecule has 1 atom stereocenters. The molecule has 0 saturated carbocycles. The molecule has 1 heterocycles. The maximum absolute atomic E-state index is 13.3. The molecule has 3 aromatic rings. The van der Waals surface area contributed by atoms with E-state index in [1.807, 2.05) is 37.3 Å². The van der Waals surface area contributed by atoms with Gasteiger partial charge in [0, 0.05) is 34.5 Å². The maximum atomic E-state index is 13.3. The summed E-state index contributed by atoms with van der Waals surface area (Å²) in [5, 5.41) is 7.80. The molecule has 1 aromatic heterocycles. The number of nitrogens with one attached hydrogen (secondary N) is 1. The first-order chi connectivity index (χ1) is 14.5. The Bertz CT molecular complexity index is 1130. The van der Waals surface area contributed by atoms with E-state index in [2.05, 4.69) is 23.6 Å². The Kier molecular flexibility index (Phi) is 6.79. The molecule has 0 radical (unpaired) electrons. The van der Waals surface area contributed by atoms with Crippen molar-refractivity contribution in [1.29, 1.82) is 0 Å². The van der Waals surface area contributed by atoms with Crippen molar-refractivity contribution < 1.29 is 8.60 Å². The van der Waals surface area contributed by atoms with Crippen molar-refractivity contribution in [1.82, 2.24) is 15.1 Å². The molecule has 0 saturated heterocycles. The Morgan fingerprint density at radius 1 is 1.23 bits per heavy atom. The lowest BCUT2D eigenvalue weighted by Crippen LogP contribution is -2.15. The molecule has 1 N–H and O–H groups in total. The summed E-state index contributed by atoms with van der Waals surface area (Å²) < 4.78 is 27.0. The molecule has 4 nitrogen and oxygen atoms in total. The van der Waals surface area contributed by atoms with Gasteiger partial charge in [-0.3, -0.25) is 4.21 Å². The van der Waals surface area contributed by atoms with Crippen LogP contribution < -0.4 is 5.32 Å². The zero-order chi connectivity index (χ0) is 21.7. The molecule has 1 unspecified atom stereocenters. The van der Waals surface area contributed by atoms with Crippen LogP contribution in [0.1, 0.15) is 23.7 Å². The summed E-state index contributed by atoms with van der Waals surface area (Å²) in [5.74, 6) is -0.300. The Hall–Kier alpha value is -3.25. The minimum absolute atomic E-state index is 0.300. The number of hydrogen-bond acceptors (Lipinski definition) is 3. The second-order valence-electron chi connectivity index (χ2n) is 6.63. The Balaban J connectivity index is 1.86. The molecule has 0 fully saturated rings. The van der Waals surface area contributed by atoms with Crippen LogP contribution in [0.15, 0.2) is 84.6 Å². The van der Waals surface area contributed by atoms with Gasteiger partial charge in [0.15, 0.2) is 0 Å². The maximum Gasteiger partial charge on any atom is 0.123 e. The number of hydrogen-bond donors (Lipinski definition) is 1. The second kappa shape index (κ2) is 9.50. The lowest BCUT2D eigenvalue weighted by molar-refractivity contribution is 0.627. The standard InChI is InChI=1S/C24H24FN3OS/c1-5-21(17(3)26-15-18-9-7-8-10-24(18)30(4)29)22-16-27-28(23(22)6-2)20-13-11-19(25)12-14-20/h5-14,16,26H,2-3,15H2,1,4H3/b21-5-. The number of nitrogens with zero attached hydrogens (tertiary/aromatic N) is 2. The third-order valence-electron chi connectivity index (χ3n) is 4.75. The van der Waals surface area contributed by atoms with Crippen LogP contribution in [0.5, 0.6) is 0 Å². The van der Waals surface area contributed by atoms with Crippen molar-refractivity contribution in [3.8, 4) is 5.69 Å². The highest BCUT2D eigenvalue weighted by molar-refractivity contribution is 7.84. The van der Waals surface area contributed by atoms with Gasteiger partial charge in [0.2, 0.25) is 0 Å². The van der Waals surface area contributed by atoms with Crippen LogP contribution in [0, 0.1) is 5.82 Å². The first-order valence-corrected chi connectivity index (χ1v) is 11.0. The van der Waals surface area contributed by atoms with Crippen LogP contribution in [0.2, 0.25) is 0 Å². The molecule has 0 amide bonds. The number of allylic oxidation sites excluding steroid dienone is 2. The normalized spacial score (nSPS) is 12.4. The van der Waals surface area contributed by atoms with Crippen LogP contribution in [0.25, 0.3) is 17.3 Å². The van der Waals surface area contributed by atoms with E-state index in [9.17, 15) is 8.60 Å². The van der Waals surface area contributed by atoms with Crippen molar-refractivity contribution in [2.45, 2.75) is 18.4 Å². The first kappa shape index (κ1) is 21.5. The lowest BCUT2D eigenvalue weighted by atomic mass is 10.0. The van der Waals surface area contributed by atoms with Crippen LogP contribution in [-0.2, 0) is 17.3 Å². The quantitative estimate of drug-likeness (QED) is 0.515. The van der Waals surface area contributed by atoms with Gasteiger partial charge in [0.1, 0.15) is 5.82 Å². The highest BCUT2D eigenvalue weighted by Crippen LogP contribution is 2.27. The minimum atomic E-state index is -1.07. The summed E-state index contributed by atoms with van der Waals surface area (Å²) in [7, 11) is -1.07. The summed E-state index contributed by atoms with van der Waals surface area (Å²) in [5.41, 5.74) is 4.95. The van der Waals surface area contributed by atoms with Crippen LogP contribution >= 0.6 is 0 Å². The number of rotatable bonds is 8. The van der Waals surface area contributed by atoms with Gasteiger partial charge in [0.25, 0.3) is 0 Å². The van der Waals surface area contributed by atoms with Crippen LogP contribution in [0.4, 0.5) is 4.39 Å². The predicted molar refractivity (Wildman–Crippen MR) is 122 cm³/mol. The summed E-state index contributed by atoms with van der Waals surface area (Å²) in [6, 6.07) is 13.8. The van der Waals surface area contributed by atoms with Gasteiger partial charge in [-0.05, 0) is 48.9 Å². The zero-order valence-electron chi connectivity index (χ0n) is 17.1. The molecule has 154 valence electrons. The Morgan fingerprint density at radius 3 is 2.57 bits per heavy atom. The highest BCUT2D eigenvalue weighted by Gasteiger charge is 2.16. The lowest BCUT2D eigenvalue weighted by Gasteiger charge is -2.15. The van der Waals surface area contributed by atoms with E-state index in [0.717, 1.165) is 38.7 Å². The second-order valence-corrected chi connectivity index (χ2v) is 7.98. The Labute approximate surface area is 178 Å². The molecule has 0 spiro atoms. The molecule has 0 aliphatic carbocycles. The van der Waals surface area contributed by atoms with Crippen molar-refractivity contribution in [3.63, 3.8) is 0 Å². The largest absolute Gasteiger partial charge is 0.381 e. The van der Waals surface area contributed by atoms with Crippen LogP contribution in [-0.4, -0.2) is 20.2 Å². The van der Waals surface area contributed by atoms with E-state index in [4.69, 9.17) is 0 Å². The molecular weight excluding hydrogens is 397 g/mol. The van der Waals surface area contributed by atoms with E-state index in [-0.39, 0.29) is 5.82 Å². The van der Waals surface area contributed by atoms with Gasteiger partial charge in [0.05, 0.1) is 28.4 Å². The zero-order valence-corrected chi connectivity index (χ0v) is 17.9. The fourth-order valence-corrected chi connectivity index (χ4v) is 4.05. The van der Waals surface area contributed by atoms with E-state index < -0.39 is 10.8 Å². The van der Waals surface area contributed by atoms with Crippen LogP contribution in [0.3, 0.4) is 0 Å². The average Bonchev–Trinajstić information content (AvgIpc) is 3.17. The van der Waals surface area contributed by atoms with Gasteiger partial charge in [-0.2, -0.15) is 5.10 Å². The third-order valence-corrected chi connectivity index (χ3v) is 5.77. The van der Waals surface area contributed by atoms with Gasteiger partial charge < -0.3 is 5.32 Å². The molecule has 0 aliphatic rings. The van der Waals surface area contributed by atoms with Gasteiger partial charge >= 0.3 is 0 Å². The first-order valence-electron chi connectivity index (χ1n) is 9.43. The fraction of sp³-hybridized carbons (Fsp3) is 0.125. The molecule has 3 rings (SSSR count). The summed E-state index contributed by atoms with van der Waals surface area (Å²) in [4.78, 5) is 0.802. The minimum Gasteiger partial charge on any atom is -0.381 e. The van der Waals surface area contributed by atoms with E-state index in [1.54, 1.807) is 35.3 Å². The number of benzene rings is 2. The average molecular weight is 422 g/mol. The summed E-state index contributed by atoms with van der Waals surface area (Å²) in [6.45, 7) is 10.5. The van der Waals surface area contributed by atoms with Crippen molar-refractivity contribution in [2.24, 2.45) is 0 Å². The molecule has 0 bridgehead atoms. The van der Waals surface area contributed by atoms with E-state index in [0.29, 0.717) is 6.54 Å². The van der Waals surface area contributed by atoms with Crippen molar-refractivity contribution in [3.05, 3.63) is 102 Å². The Morgan fingerprint density at radius 2 is 1.93 bits per heavy atom. The third kappa shape index (κ3) is 4.49. The molecule has 0 aliphatic heterocycles. The van der Waals surface area contributed by atoms with Crippen molar-refractivity contribution >= 4 is 22.4 Å². The predicted octanol–water partition coefficient (Wildman–Crippen LogP) is 5.10. The smallest absolute Gasteiger partial charge is 0.123 e. The highest BCUT2D eigenvalue weighted by atomic mass is 32.2. The van der Waals surface area contributed by atoms with Gasteiger partial charge in [-0.1, -0.05) is 37.4 Å². The van der Waals surface area contributed by atoms with Crippen molar-refractivity contribution in [2.75, 3.05) is 6.26 Å². The molecular formula is C24H24FN3OS. The topological polar surface area (TPSA) is 46.9 Å². The monoisotopic (exact) mass is 421 g/mol. The van der Waals surface area contributed by atoms with E-state index >= 15 is 0 Å². The molecule has 2 aromatic carbocycles. The molecule has 30 heavy (non-hydrogen) atoms. The number of halogens is 1. The summed E-state index contributed by atoms with van der Waals surface area (Å²) >= 11 is 0. The summed E-state index contributed by atoms with van der Waals surface area (Å²) in [6.07, 6.45) is 7.10. The SMILES string of the molecule is C=Cc1c(/C(=C\C)C(=C)NCc2ccccc2S(C)=O)cnn1-c1ccc(F)cc1. The van der Waals surface area contributed by atoms with Gasteiger partial charge in [-0.25, -0.2) is 9.07 Å². The molecule has 6 heteroatoms.